The van der Waals surface area contributed by atoms with E-state index in [-0.39, 0.29) is 0 Å². The molecule has 0 atom stereocenters. The molecule has 0 aliphatic carbocycles. The summed E-state index contributed by atoms with van der Waals surface area (Å²) in [7, 11) is 0. The molecule has 1 heterocycles. The van der Waals surface area contributed by atoms with Gasteiger partial charge in [0.15, 0.2) is 5.16 Å². The first-order chi connectivity index (χ1) is 10.2. The number of aryl methyl sites for hydroxylation is 1. The van der Waals surface area contributed by atoms with Crippen molar-refractivity contribution in [3.05, 3.63) is 48.3 Å². The smallest absolute Gasteiger partial charge is 0.191 e. The molecule has 0 saturated carbocycles. The maximum Gasteiger partial charge on any atom is 0.191 e. The Balaban J connectivity index is 1.82. The van der Waals surface area contributed by atoms with Crippen LogP contribution >= 0.6 is 11.8 Å². The van der Waals surface area contributed by atoms with Gasteiger partial charge in [-0.25, -0.2) is 0 Å². The summed E-state index contributed by atoms with van der Waals surface area (Å²) in [5.41, 5.74) is 0.629. The van der Waals surface area contributed by atoms with E-state index in [0.717, 1.165) is 22.5 Å². The van der Waals surface area contributed by atoms with Gasteiger partial charge in [-0.3, -0.25) is 0 Å². The van der Waals surface area contributed by atoms with E-state index >= 15 is 0 Å². The Hall–Kier alpha value is -2.26. The molecule has 108 valence electrons. The summed E-state index contributed by atoms with van der Waals surface area (Å²) in [4.78, 5) is 0. The first kappa shape index (κ1) is 15.1. The molecule has 2 rings (SSSR count). The van der Waals surface area contributed by atoms with Crippen molar-refractivity contribution in [2.75, 3.05) is 12.4 Å². The van der Waals surface area contributed by atoms with Crippen LogP contribution in [0.25, 0.3) is 0 Å². The topological polar surface area (TPSA) is 63.7 Å². The molecule has 0 saturated heterocycles. The van der Waals surface area contributed by atoms with Crippen LogP contribution in [-0.2, 0) is 6.54 Å². The number of aromatic nitrogens is 3. The van der Waals surface area contributed by atoms with Crippen molar-refractivity contribution in [1.29, 1.82) is 5.26 Å². The van der Waals surface area contributed by atoms with Crippen molar-refractivity contribution < 1.29 is 4.74 Å². The second kappa shape index (κ2) is 7.50. The Morgan fingerprint density at radius 2 is 2.14 bits per heavy atom. The molecule has 0 bridgehead atoms. The molecule has 6 heteroatoms. The lowest BCUT2D eigenvalue weighted by Gasteiger charge is -2.07. The van der Waals surface area contributed by atoms with Crippen LogP contribution in [-0.4, -0.2) is 27.1 Å². The molecule has 0 aliphatic rings. The molecule has 0 radical (unpaired) electrons. The van der Waals surface area contributed by atoms with Crippen LogP contribution in [0.4, 0.5) is 0 Å². The third-order valence-corrected chi connectivity index (χ3v) is 3.71. The van der Waals surface area contributed by atoms with Gasteiger partial charge in [0.2, 0.25) is 0 Å². The Kier molecular flexibility index (Phi) is 5.41. The quantitative estimate of drug-likeness (QED) is 0.447. The molecule has 1 aromatic heterocycles. The lowest BCUT2D eigenvalue weighted by atomic mass is 10.2. The van der Waals surface area contributed by atoms with E-state index in [1.54, 1.807) is 36.0 Å². The summed E-state index contributed by atoms with van der Waals surface area (Å²) in [6.45, 7) is 6.93. The number of hydrogen-bond acceptors (Lipinski definition) is 5. The van der Waals surface area contributed by atoms with Crippen molar-refractivity contribution in [2.45, 2.75) is 18.6 Å². The Labute approximate surface area is 128 Å². The first-order valence-corrected chi connectivity index (χ1v) is 7.49. The average Bonchev–Trinajstić information content (AvgIpc) is 2.86. The molecule has 0 aliphatic heterocycles. The van der Waals surface area contributed by atoms with Gasteiger partial charge in [-0.05, 0) is 31.2 Å². The van der Waals surface area contributed by atoms with E-state index in [0.29, 0.717) is 18.7 Å². The molecule has 0 unspecified atom stereocenters. The largest absolute Gasteiger partial charge is 0.493 e. The highest BCUT2D eigenvalue weighted by atomic mass is 32.2. The van der Waals surface area contributed by atoms with Crippen LogP contribution < -0.4 is 4.74 Å². The monoisotopic (exact) mass is 300 g/mol. The molecular formula is C15H16N4OS. The maximum atomic E-state index is 8.72. The molecule has 0 fully saturated rings. The molecule has 5 nitrogen and oxygen atoms in total. The van der Waals surface area contributed by atoms with E-state index in [1.807, 2.05) is 17.6 Å². The minimum absolute atomic E-state index is 0.566. The van der Waals surface area contributed by atoms with E-state index in [1.165, 1.54) is 0 Å². The van der Waals surface area contributed by atoms with Crippen LogP contribution in [0, 0.1) is 18.3 Å². The molecular weight excluding hydrogens is 284 g/mol. The predicted octanol–water partition coefficient (Wildman–Crippen LogP) is 2.82. The normalized spacial score (nSPS) is 10.1. The molecule has 0 spiro atoms. The fourth-order valence-electron chi connectivity index (χ4n) is 1.73. The minimum Gasteiger partial charge on any atom is -0.493 e. The predicted molar refractivity (Wildman–Crippen MR) is 82.3 cm³/mol. The number of allylic oxidation sites excluding steroid dienone is 1. The highest BCUT2D eigenvalue weighted by Crippen LogP contribution is 2.17. The van der Waals surface area contributed by atoms with Gasteiger partial charge in [0.25, 0.3) is 0 Å². The summed E-state index contributed by atoms with van der Waals surface area (Å²) in [6.07, 6.45) is 1.83. The van der Waals surface area contributed by atoms with Gasteiger partial charge in [0.05, 0.1) is 18.2 Å². The summed E-state index contributed by atoms with van der Waals surface area (Å²) < 4.78 is 7.64. The van der Waals surface area contributed by atoms with E-state index < -0.39 is 0 Å². The van der Waals surface area contributed by atoms with Gasteiger partial charge in [-0.15, -0.1) is 16.8 Å². The van der Waals surface area contributed by atoms with Crippen LogP contribution in [0.3, 0.4) is 0 Å². The fraction of sp³-hybridized carbons (Fsp3) is 0.267. The first-order valence-electron chi connectivity index (χ1n) is 6.51. The number of ether oxygens (including phenoxy) is 1. The van der Waals surface area contributed by atoms with Gasteiger partial charge in [0.1, 0.15) is 11.6 Å². The maximum absolute atomic E-state index is 8.72. The van der Waals surface area contributed by atoms with Crippen molar-refractivity contribution >= 4 is 11.8 Å². The van der Waals surface area contributed by atoms with Crippen molar-refractivity contribution in [3.63, 3.8) is 0 Å². The fourth-order valence-corrected chi connectivity index (χ4v) is 2.54. The number of rotatable bonds is 7. The van der Waals surface area contributed by atoms with Gasteiger partial charge in [-0.2, -0.15) is 5.26 Å². The third kappa shape index (κ3) is 4.10. The van der Waals surface area contributed by atoms with Crippen LogP contribution in [0.15, 0.2) is 42.1 Å². The Bertz CT molecular complexity index is 643. The molecule has 0 N–H and O–H groups in total. The third-order valence-electron chi connectivity index (χ3n) is 2.78. The van der Waals surface area contributed by atoms with Crippen LogP contribution in [0.5, 0.6) is 5.75 Å². The van der Waals surface area contributed by atoms with Crippen LogP contribution in [0.1, 0.15) is 11.4 Å². The zero-order valence-corrected chi connectivity index (χ0v) is 12.6. The Morgan fingerprint density at radius 1 is 1.38 bits per heavy atom. The molecule has 1 aromatic carbocycles. The van der Waals surface area contributed by atoms with Gasteiger partial charge in [0, 0.05) is 12.3 Å². The van der Waals surface area contributed by atoms with Gasteiger partial charge < -0.3 is 9.30 Å². The van der Waals surface area contributed by atoms with Gasteiger partial charge >= 0.3 is 0 Å². The summed E-state index contributed by atoms with van der Waals surface area (Å²) in [5, 5.41) is 17.8. The number of hydrogen-bond donors (Lipinski definition) is 0. The lowest BCUT2D eigenvalue weighted by Crippen LogP contribution is -2.04. The SMILES string of the molecule is C=CCn1c(C)nnc1SCCOc1ccc(C#N)cc1. The summed E-state index contributed by atoms with van der Waals surface area (Å²) in [5.74, 6) is 2.42. The lowest BCUT2D eigenvalue weighted by molar-refractivity contribution is 0.344. The Morgan fingerprint density at radius 3 is 2.81 bits per heavy atom. The van der Waals surface area contributed by atoms with Crippen LogP contribution in [0.2, 0.25) is 0 Å². The average molecular weight is 300 g/mol. The van der Waals surface area contributed by atoms with E-state index in [2.05, 4.69) is 22.8 Å². The zero-order chi connectivity index (χ0) is 15.1. The molecule has 0 amide bonds. The second-order valence-electron chi connectivity index (χ2n) is 4.26. The minimum atomic E-state index is 0.566. The highest BCUT2D eigenvalue weighted by Gasteiger charge is 2.07. The number of thioether (sulfide) groups is 1. The molecule has 2 aromatic rings. The second-order valence-corrected chi connectivity index (χ2v) is 5.32. The van der Waals surface area contributed by atoms with Crippen molar-refractivity contribution in [1.82, 2.24) is 14.8 Å². The zero-order valence-electron chi connectivity index (χ0n) is 11.8. The van der Waals surface area contributed by atoms with Crippen molar-refractivity contribution in [3.8, 4) is 11.8 Å². The van der Waals surface area contributed by atoms with Gasteiger partial charge in [-0.1, -0.05) is 17.8 Å². The number of nitriles is 1. The summed E-state index contributed by atoms with van der Waals surface area (Å²) in [6, 6.07) is 9.16. The highest BCUT2D eigenvalue weighted by molar-refractivity contribution is 7.99. The summed E-state index contributed by atoms with van der Waals surface area (Å²) >= 11 is 1.60. The van der Waals surface area contributed by atoms with E-state index in [9.17, 15) is 0 Å². The van der Waals surface area contributed by atoms with E-state index in [4.69, 9.17) is 10.00 Å². The van der Waals surface area contributed by atoms with Crippen molar-refractivity contribution in [2.24, 2.45) is 0 Å². The number of nitrogens with zero attached hydrogens (tertiary/aromatic N) is 4. The molecule has 21 heavy (non-hydrogen) atoms. The standard InChI is InChI=1S/C15H16N4OS/c1-3-8-19-12(2)17-18-15(19)21-10-9-20-14-6-4-13(11-16)5-7-14/h3-7H,1,8-10H2,2H3. The number of benzene rings is 1.